The van der Waals surface area contributed by atoms with Crippen molar-refractivity contribution in [1.29, 1.82) is 0 Å². The van der Waals surface area contributed by atoms with Crippen LogP contribution in [0.3, 0.4) is 0 Å². The van der Waals surface area contributed by atoms with Crippen molar-refractivity contribution in [2.75, 3.05) is 0 Å². The maximum Gasteiger partial charge on any atom is 0.104 e. The number of thiazole rings is 1. The lowest BCUT2D eigenvalue weighted by Gasteiger charge is -2.03. The molecule has 2 aromatic heterocycles. The average Bonchev–Trinajstić information content (AvgIpc) is 3.35. The lowest BCUT2D eigenvalue weighted by molar-refractivity contribution is 0.868. The molecule has 4 rings (SSSR count). The molecule has 2 heterocycles. The van der Waals surface area contributed by atoms with Crippen LogP contribution in [0.2, 0.25) is 0 Å². The van der Waals surface area contributed by atoms with Crippen LogP contribution in [0.15, 0.2) is 41.9 Å². The molecule has 0 aliphatic rings. The molecule has 0 atom stereocenters. The summed E-state index contributed by atoms with van der Waals surface area (Å²) in [7, 11) is 0. The van der Waals surface area contributed by atoms with E-state index in [9.17, 15) is 0 Å². The summed E-state index contributed by atoms with van der Waals surface area (Å²) in [6.07, 6.45) is 0. The van der Waals surface area contributed by atoms with Gasteiger partial charge >= 0.3 is 0 Å². The van der Waals surface area contributed by atoms with Crippen LogP contribution in [0, 0.1) is 6.92 Å². The topological polar surface area (TPSA) is 41.6 Å². The van der Waals surface area contributed by atoms with Gasteiger partial charge in [-0.15, -0.1) is 11.3 Å². The Morgan fingerprint density at radius 1 is 0.793 bits per heavy atom. The van der Waals surface area contributed by atoms with E-state index in [4.69, 9.17) is 0 Å². The molecule has 0 radical (unpaired) electrons. The molecule has 4 aromatic rings. The molecule has 0 amide bonds. The van der Waals surface area contributed by atoms with Gasteiger partial charge in [0, 0.05) is 0 Å². The fraction of sp³-hybridized carbons (Fsp3) is 0.440. The summed E-state index contributed by atoms with van der Waals surface area (Å²) in [6.45, 7) is 18.8. The van der Waals surface area contributed by atoms with Gasteiger partial charge in [0.15, 0.2) is 0 Å². The number of hydrogen-bond donors (Lipinski definition) is 1. The number of benzene rings is 2. The molecule has 2 aromatic carbocycles. The Labute approximate surface area is 180 Å². The Kier molecular flexibility index (Phi) is 10.6. The first-order valence-electron chi connectivity index (χ1n) is 10.7. The van der Waals surface area contributed by atoms with Crippen LogP contribution in [0.5, 0.6) is 0 Å². The van der Waals surface area contributed by atoms with Gasteiger partial charge in [0.1, 0.15) is 5.82 Å². The van der Waals surface area contributed by atoms with Crippen LogP contribution < -0.4 is 0 Å². The van der Waals surface area contributed by atoms with Crippen LogP contribution in [0.25, 0.3) is 21.3 Å². The van der Waals surface area contributed by atoms with Crippen molar-refractivity contribution in [3.8, 4) is 0 Å². The highest BCUT2D eigenvalue weighted by atomic mass is 32.1. The van der Waals surface area contributed by atoms with Crippen LogP contribution in [0.1, 0.15) is 84.2 Å². The fourth-order valence-corrected chi connectivity index (χ4v) is 3.41. The van der Waals surface area contributed by atoms with Crippen molar-refractivity contribution in [1.82, 2.24) is 15.0 Å². The number of nitrogens with one attached hydrogen (secondary N) is 1. The molecular formula is C25H37N3S. The first kappa shape index (κ1) is 24.8. The summed E-state index contributed by atoms with van der Waals surface area (Å²) in [5.41, 5.74) is 7.95. The van der Waals surface area contributed by atoms with E-state index in [-0.39, 0.29) is 0 Å². The minimum atomic E-state index is 0.577. The Morgan fingerprint density at radius 3 is 2.00 bits per heavy atom. The highest BCUT2D eigenvalue weighted by Crippen LogP contribution is 2.23. The van der Waals surface area contributed by atoms with E-state index in [0.717, 1.165) is 22.4 Å². The Balaban J connectivity index is 0.000000248. The molecule has 29 heavy (non-hydrogen) atoms. The van der Waals surface area contributed by atoms with Crippen LogP contribution >= 0.6 is 11.3 Å². The first-order valence-corrected chi connectivity index (χ1v) is 11.6. The summed E-state index contributed by atoms with van der Waals surface area (Å²) in [4.78, 5) is 11.9. The first-order chi connectivity index (χ1) is 13.9. The zero-order valence-electron chi connectivity index (χ0n) is 19.5. The lowest BCUT2D eigenvalue weighted by Crippen LogP contribution is -1.85. The molecule has 1 N–H and O–H groups in total. The van der Waals surface area contributed by atoms with E-state index in [1.165, 1.54) is 15.8 Å². The third-order valence-electron chi connectivity index (χ3n) is 4.31. The fourth-order valence-electron chi connectivity index (χ4n) is 2.75. The minimum Gasteiger partial charge on any atom is -0.342 e. The third-order valence-corrected chi connectivity index (χ3v) is 5.12. The van der Waals surface area contributed by atoms with E-state index in [1.54, 1.807) is 11.3 Å². The number of aromatic nitrogens is 3. The van der Waals surface area contributed by atoms with Crippen molar-refractivity contribution in [3.63, 3.8) is 0 Å². The summed E-state index contributed by atoms with van der Waals surface area (Å²) in [5.74, 6) is 2.15. The maximum absolute atomic E-state index is 4.36. The van der Waals surface area contributed by atoms with E-state index in [0.29, 0.717) is 11.8 Å². The molecule has 3 nitrogen and oxygen atoms in total. The maximum atomic E-state index is 4.36. The van der Waals surface area contributed by atoms with Gasteiger partial charge in [0.2, 0.25) is 0 Å². The zero-order valence-corrected chi connectivity index (χ0v) is 20.3. The second kappa shape index (κ2) is 12.4. The number of aromatic amines is 1. The van der Waals surface area contributed by atoms with E-state index >= 15 is 0 Å². The van der Waals surface area contributed by atoms with Crippen molar-refractivity contribution in [2.45, 2.75) is 74.1 Å². The molecule has 0 saturated carbocycles. The normalized spacial score (nSPS) is 10.2. The number of aryl methyl sites for hydroxylation is 1. The van der Waals surface area contributed by atoms with Crippen molar-refractivity contribution in [3.05, 3.63) is 58.9 Å². The number of hydrogen-bond acceptors (Lipinski definition) is 3. The smallest absolute Gasteiger partial charge is 0.104 e. The quantitative estimate of drug-likeness (QED) is 0.359. The zero-order chi connectivity index (χ0) is 22.0. The lowest BCUT2D eigenvalue weighted by atomic mass is 10.0. The van der Waals surface area contributed by atoms with Crippen molar-refractivity contribution < 1.29 is 0 Å². The number of fused-ring (bicyclic) bond motifs is 2. The molecule has 0 unspecified atom stereocenters. The predicted octanol–water partition coefficient (Wildman–Crippen LogP) is 8.47. The monoisotopic (exact) mass is 411 g/mol. The molecule has 0 spiro atoms. The average molecular weight is 412 g/mol. The molecule has 0 fully saturated rings. The molecular weight excluding hydrogens is 374 g/mol. The molecule has 4 heteroatoms. The summed E-state index contributed by atoms with van der Waals surface area (Å²) >= 11 is 1.70. The van der Waals surface area contributed by atoms with Crippen molar-refractivity contribution in [2.24, 2.45) is 0 Å². The third kappa shape index (κ3) is 6.97. The van der Waals surface area contributed by atoms with Gasteiger partial charge in [-0.3, -0.25) is 0 Å². The summed E-state index contributed by atoms with van der Waals surface area (Å²) in [6, 6.07) is 12.9. The minimum absolute atomic E-state index is 0.577. The molecule has 0 bridgehead atoms. The number of rotatable bonds is 2. The number of imidazole rings is 1. The second-order valence-electron chi connectivity index (χ2n) is 6.99. The van der Waals surface area contributed by atoms with Crippen LogP contribution in [-0.2, 0) is 0 Å². The van der Waals surface area contributed by atoms with E-state index in [2.05, 4.69) is 79.0 Å². The summed E-state index contributed by atoms with van der Waals surface area (Å²) in [5, 5.41) is 0. The standard InChI is InChI=1S/C11H14N2.C10H11NS.2C2H6/c1-7(2)9-4-5-10-11(6-9)13-8(3)12-10;1-7(2)8-3-4-10-9(5-8)11-6-12-10;2*1-2/h4-7H,1-3H3,(H,12,13);3-7H,1-2H3;2*1-2H3. The SMILES string of the molecule is CC.CC.CC(C)c1ccc2scnc2c1.Cc1nc2ccc(C(C)C)cc2[nH]1. The molecule has 0 saturated heterocycles. The summed E-state index contributed by atoms with van der Waals surface area (Å²) < 4.78 is 1.28. The Hall–Kier alpha value is -2.20. The van der Waals surface area contributed by atoms with Crippen LogP contribution in [0.4, 0.5) is 0 Å². The van der Waals surface area contributed by atoms with Gasteiger partial charge in [-0.05, 0) is 54.2 Å². The van der Waals surface area contributed by atoms with Crippen molar-refractivity contribution >= 4 is 32.6 Å². The molecule has 158 valence electrons. The van der Waals surface area contributed by atoms with Gasteiger partial charge in [-0.25, -0.2) is 9.97 Å². The number of H-pyrrole nitrogens is 1. The number of nitrogens with zero attached hydrogens (tertiary/aromatic N) is 2. The Morgan fingerprint density at radius 2 is 1.38 bits per heavy atom. The second-order valence-corrected chi connectivity index (χ2v) is 7.87. The van der Waals surface area contributed by atoms with Gasteiger partial charge in [-0.2, -0.15) is 0 Å². The van der Waals surface area contributed by atoms with Crippen LogP contribution in [-0.4, -0.2) is 15.0 Å². The largest absolute Gasteiger partial charge is 0.342 e. The Bertz CT molecular complexity index is 980. The predicted molar refractivity (Wildman–Crippen MR) is 131 cm³/mol. The van der Waals surface area contributed by atoms with Gasteiger partial charge in [-0.1, -0.05) is 67.5 Å². The molecule has 0 aliphatic heterocycles. The van der Waals surface area contributed by atoms with E-state index < -0.39 is 0 Å². The van der Waals surface area contributed by atoms with E-state index in [1.807, 2.05) is 40.1 Å². The molecule has 0 aliphatic carbocycles. The highest BCUT2D eigenvalue weighted by Gasteiger charge is 2.03. The van der Waals surface area contributed by atoms with Gasteiger partial charge < -0.3 is 4.98 Å². The van der Waals surface area contributed by atoms with Gasteiger partial charge in [0.25, 0.3) is 0 Å². The highest BCUT2D eigenvalue weighted by molar-refractivity contribution is 7.16. The van der Waals surface area contributed by atoms with Gasteiger partial charge in [0.05, 0.1) is 26.8 Å².